The first kappa shape index (κ1) is 11.7. The van der Waals surface area contributed by atoms with E-state index in [1.165, 1.54) is 18.2 Å². The lowest BCUT2D eigenvalue weighted by Crippen LogP contribution is -2.42. The van der Waals surface area contributed by atoms with Gasteiger partial charge in [-0.2, -0.15) is 13.2 Å². The summed E-state index contributed by atoms with van der Waals surface area (Å²) in [5.41, 5.74) is -3.42. The summed E-state index contributed by atoms with van der Waals surface area (Å²) in [5.74, 6) is 0. The smallest absolute Gasteiger partial charge is 0.376 e. The van der Waals surface area contributed by atoms with Crippen molar-refractivity contribution in [2.24, 2.45) is 0 Å². The molecular weight excluding hydrogens is 209 g/mol. The standard InChI is InChI=1S/C10H9F3O2/c11-10(12,13)9(15,6-7-14)8-4-2-1-3-5-8/h1-5,7,15H,6H2/t9-/m1/s1. The molecule has 0 unspecified atom stereocenters. The summed E-state index contributed by atoms with van der Waals surface area (Å²) < 4.78 is 37.7. The van der Waals surface area contributed by atoms with Gasteiger partial charge in [0, 0.05) is 6.42 Å². The lowest BCUT2D eigenvalue weighted by molar-refractivity contribution is -0.266. The average Bonchev–Trinajstić information content (AvgIpc) is 2.18. The molecule has 0 aliphatic carbocycles. The molecule has 0 fully saturated rings. The third-order valence-corrected chi connectivity index (χ3v) is 2.10. The topological polar surface area (TPSA) is 37.3 Å². The number of aldehydes is 1. The lowest BCUT2D eigenvalue weighted by Gasteiger charge is -2.29. The fourth-order valence-corrected chi connectivity index (χ4v) is 1.23. The van der Waals surface area contributed by atoms with Gasteiger partial charge < -0.3 is 9.90 Å². The number of hydrogen-bond donors (Lipinski definition) is 1. The number of benzene rings is 1. The molecule has 0 saturated carbocycles. The van der Waals surface area contributed by atoms with E-state index in [2.05, 4.69) is 0 Å². The Morgan fingerprint density at radius 2 is 1.73 bits per heavy atom. The van der Waals surface area contributed by atoms with Gasteiger partial charge in [0.25, 0.3) is 0 Å². The van der Waals surface area contributed by atoms with E-state index >= 15 is 0 Å². The van der Waals surface area contributed by atoms with Crippen LogP contribution in [-0.4, -0.2) is 17.6 Å². The molecule has 0 spiro atoms. The van der Waals surface area contributed by atoms with Crippen LogP contribution in [0, 0.1) is 0 Å². The summed E-state index contributed by atoms with van der Waals surface area (Å²) in [6.07, 6.45) is -5.81. The zero-order valence-corrected chi connectivity index (χ0v) is 7.66. The van der Waals surface area contributed by atoms with E-state index in [0.29, 0.717) is 0 Å². The molecular formula is C10H9F3O2. The molecule has 0 amide bonds. The van der Waals surface area contributed by atoms with Crippen LogP contribution in [0.3, 0.4) is 0 Å². The van der Waals surface area contributed by atoms with E-state index < -0.39 is 18.2 Å². The molecule has 1 aromatic rings. The molecule has 5 heteroatoms. The first-order valence-electron chi connectivity index (χ1n) is 4.20. The molecule has 1 atom stereocenters. The maximum absolute atomic E-state index is 12.6. The van der Waals surface area contributed by atoms with Gasteiger partial charge in [0.15, 0.2) is 5.60 Å². The summed E-state index contributed by atoms with van der Waals surface area (Å²) in [7, 11) is 0. The van der Waals surface area contributed by atoms with Crippen molar-refractivity contribution < 1.29 is 23.1 Å². The molecule has 1 N–H and O–H groups in total. The van der Waals surface area contributed by atoms with Crippen molar-refractivity contribution >= 4 is 6.29 Å². The van der Waals surface area contributed by atoms with Gasteiger partial charge in [-0.15, -0.1) is 0 Å². The van der Waals surface area contributed by atoms with Gasteiger partial charge >= 0.3 is 6.18 Å². The predicted octanol–water partition coefficient (Wildman–Crippen LogP) is 2.03. The van der Waals surface area contributed by atoms with E-state index in [1.54, 1.807) is 0 Å². The van der Waals surface area contributed by atoms with Crippen LogP contribution in [0.1, 0.15) is 12.0 Å². The highest BCUT2D eigenvalue weighted by molar-refractivity contribution is 5.53. The normalized spacial score (nSPS) is 15.7. The lowest BCUT2D eigenvalue weighted by atomic mass is 9.90. The van der Waals surface area contributed by atoms with Crippen LogP contribution in [0.15, 0.2) is 30.3 Å². The Kier molecular flexibility index (Phi) is 3.14. The molecule has 0 aliphatic heterocycles. The minimum atomic E-state index is -4.87. The van der Waals surface area contributed by atoms with Crippen LogP contribution in [0.2, 0.25) is 0 Å². The fourth-order valence-electron chi connectivity index (χ4n) is 1.23. The number of hydrogen-bond acceptors (Lipinski definition) is 2. The Morgan fingerprint density at radius 1 is 1.20 bits per heavy atom. The molecule has 0 radical (unpaired) electrons. The van der Waals surface area contributed by atoms with Gasteiger partial charge in [-0.1, -0.05) is 30.3 Å². The van der Waals surface area contributed by atoms with Gasteiger partial charge in [0.2, 0.25) is 0 Å². The maximum atomic E-state index is 12.6. The third kappa shape index (κ3) is 2.18. The molecule has 0 saturated heterocycles. The molecule has 15 heavy (non-hydrogen) atoms. The van der Waals surface area contributed by atoms with Crippen molar-refractivity contribution in [1.29, 1.82) is 0 Å². The van der Waals surface area contributed by atoms with Crippen LogP contribution in [0.4, 0.5) is 13.2 Å². The SMILES string of the molecule is O=CC[C@@](O)(c1ccccc1)C(F)(F)F. The summed E-state index contributed by atoms with van der Waals surface area (Å²) in [5, 5.41) is 9.46. The highest BCUT2D eigenvalue weighted by Crippen LogP contribution is 2.40. The van der Waals surface area contributed by atoms with Crippen molar-refractivity contribution in [2.75, 3.05) is 0 Å². The molecule has 1 rings (SSSR count). The van der Waals surface area contributed by atoms with Crippen molar-refractivity contribution in [1.82, 2.24) is 0 Å². The monoisotopic (exact) mass is 218 g/mol. The maximum Gasteiger partial charge on any atom is 0.421 e. The Hall–Kier alpha value is -1.36. The highest BCUT2D eigenvalue weighted by atomic mass is 19.4. The van der Waals surface area contributed by atoms with Crippen molar-refractivity contribution in [3.8, 4) is 0 Å². The summed E-state index contributed by atoms with van der Waals surface area (Å²) in [4.78, 5) is 10.2. The predicted molar refractivity (Wildman–Crippen MR) is 47.1 cm³/mol. The van der Waals surface area contributed by atoms with Crippen LogP contribution < -0.4 is 0 Å². The van der Waals surface area contributed by atoms with E-state index in [9.17, 15) is 23.1 Å². The third-order valence-electron chi connectivity index (χ3n) is 2.10. The first-order chi connectivity index (χ1) is 6.92. The van der Waals surface area contributed by atoms with Crippen molar-refractivity contribution in [3.05, 3.63) is 35.9 Å². The van der Waals surface area contributed by atoms with Crippen molar-refractivity contribution in [3.63, 3.8) is 0 Å². The Balaban J connectivity index is 3.18. The molecule has 1 aromatic carbocycles. The second kappa shape index (κ2) is 4.02. The first-order valence-corrected chi connectivity index (χ1v) is 4.20. The minimum Gasteiger partial charge on any atom is -0.376 e. The number of aliphatic hydroxyl groups is 1. The zero-order chi connectivity index (χ0) is 11.5. The minimum absolute atomic E-state index is 0.0560. The second-order valence-electron chi connectivity index (χ2n) is 3.09. The number of alkyl halides is 3. The van der Waals surface area contributed by atoms with Gasteiger partial charge in [-0.05, 0) is 5.56 Å². The van der Waals surface area contributed by atoms with E-state index in [0.717, 1.165) is 12.1 Å². The molecule has 2 nitrogen and oxygen atoms in total. The van der Waals surface area contributed by atoms with Crippen LogP contribution >= 0.6 is 0 Å². The molecule has 0 aromatic heterocycles. The van der Waals surface area contributed by atoms with Gasteiger partial charge in [-0.25, -0.2) is 0 Å². The van der Waals surface area contributed by atoms with E-state index in [-0.39, 0.29) is 11.8 Å². The van der Waals surface area contributed by atoms with Gasteiger partial charge in [0.05, 0.1) is 0 Å². The molecule has 0 heterocycles. The highest BCUT2D eigenvalue weighted by Gasteiger charge is 2.54. The van der Waals surface area contributed by atoms with Crippen LogP contribution in [0.5, 0.6) is 0 Å². The fraction of sp³-hybridized carbons (Fsp3) is 0.300. The summed E-state index contributed by atoms with van der Waals surface area (Å²) >= 11 is 0. The van der Waals surface area contributed by atoms with E-state index in [4.69, 9.17) is 0 Å². The number of carbonyl (C=O) groups excluding carboxylic acids is 1. The Bertz CT molecular complexity index is 334. The average molecular weight is 218 g/mol. The summed E-state index contributed by atoms with van der Waals surface area (Å²) in [6.45, 7) is 0. The van der Waals surface area contributed by atoms with E-state index in [1.807, 2.05) is 0 Å². The van der Waals surface area contributed by atoms with Crippen molar-refractivity contribution in [2.45, 2.75) is 18.2 Å². The quantitative estimate of drug-likeness (QED) is 0.788. The Morgan fingerprint density at radius 3 is 2.13 bits per heavy atom. The van der Waals surface area contributed by atoms with Gasteiger partial charge in [0.1, 0.15) is 6.29 Å². The number of carbonyl (C=O) groups is 1. The zero-order valence-electron chi connectivity index (χ0n) is 7.66. The van der Waals surface area contributed by atoms with Crippen LogP contribution in [-0.2, 0) is 10.4 Å². The molecule has 82 valence electrons. The number of rotatable bonds is 3. The van der Waals surface area contributed by atoms with Crippen LogP contribution in [0.25, 0.3) is 0 Å². The largest absolute Gasteiger partial charge is 0.421 e. The molecule has 0 aliphatic rings. The van der Waals surface area contributed by atoms with Gasteiger partial charge in [-0.3, -0.25) is 0 Å². The summed E-state index contributed by atoms with van der Waals surface area (Å²) in [6, 6.07) is 6.54. The Labute approximate surface area is 84.3 Å². The number of halogens is 3. The molecule has 0 bridgehead atoms. The second-order valence-corrected chi connectivity index (χ2v) is 3.09.